The van der Waals surface area contributed by atoms with Gasteiger partial charge in [-0.25, -0.2) is 0 Å². The maximum absolute atomic E-state index is 12.0. The van der Waals surface area contributed by atoms with Crippen LogP contribution < -0.4 is 11.1 Å². The summed E-state index contributed by atoms with van der Waals surface area (Å²) in [5.41, 5.74) is 5.95. The molecule has 2 unspecified atom stereocenters. The van der Waals surface area contributed by atoms with Gasteiger partial charge in [0.1, 0.15) is 0 Å². The zero-order valence-electron chi connectivity index (χ0n) is 12.2. The Morgan fingerprint density at radius 3 is 2.39 bits per heavy atom. The lowest BCUT2D eigenvalue weighted by atomic mass is 9.83. The van der Waals surface area contributed by atoms with E-state index in [9.17, 15) is 4.79 Å². The smallest absolute Gasteiger partial charge is 0.221 e. The average Bonchev–Trinajstić information content (AvgIpc) is 2.36. The van der Waals surface area contributed by atoms with Gasteiger partial charge in [-0.15, -0.1) is 0 Å². The molecule has 0 radical (unpaired) electrons. The van der Waals surface area contributed by atoms with E-state index < -0.39 is 0 Å². The molecule has 0 aromatic heterocycles. The molecule has 3 nitrogen and oxygen atoms in total. The molecule has 0 heterocycles. The SMILES string of the molecule is CCC(NC(=O)CC(N)C(C)C)C1CCCCC1. The van der Waals surface area contributed by atoms with Crippen molar-refractivity contribution in [2.45, 2.75) is 77.8 Å². The van der Waals surface area contributed by atoms with Crippen LogP contribution in [0, 0.1) is 11.8 Å². The summed E-state index contributed by atoms with van der Waals surface area (Å²) >= 11 is 0. The van der Waals surface area contributed by atoms with Crippen molar-refractivity contribution in [1.29, 1.82) is 0 Å². The summed E-state index contributed by atoms with van der Waals surface area (Å²) in [5, 5.41) is 3.20. The lowest BCUT2D eigenvalue weighted by Crippen LogP contribution is -2.43. The molecule has 3 heteroatoms. The molecule has 1 saturated carbocycles. The van der Waals surface area contributed by atoms with E-state index in [4.69, 9.17) is 5.73 Å². The van der Waals surface area contributed by atoms with E-state index >= 15 is 0 Å². The maximum atomic E-state index is 12.0. The lowest BCUT2D eigenvalue weighted by Gasteiger charge is -2.30. The molecule has 2 atom stereocenters. The first-order valence-corrected chi connectivity index (χ1v) is 7.59. The number of nitrogens with one attached hydrogen (secondary N) is 1. The number of amides is 1. The minimum absolute atomic E-state index is 0.0196. The van der Waals surface area contributed by atoms with Crippen molar-refractivity contribution in [2.24, 2.45) is 17.6 Å². The average molecular weight is 254 g/mol. The molecule has 0 aromatic rings. The van der Waals surface area contributed by atoms with Crippen LogP contribution in [0.1, 0.15) is 65.7 Å². The first-order valence-electron chi connectivity index (χ1n) is 7.59. The van der Waals surface area contributed by atoms with Crippen LogP contribution in [0.15, 0.2) is 0 Å². The zero-order valence-corrected chi connectivity index (χ0v) is 12.2. The monoisotopic (exact) mass is 254 g/mol. The zero-order chi connectivity index (χ0) is 13.5. The van der Waals surface area contributed by atoms with Crippen LogP contribution in [-0.4, -0.2) is 18.0 Å². The second-order valence-corrected chi connectivity index (χ2v) is 6.09. The maximum Gasteiger partial charge on any atom is 0.221 e. The molecular weight excluding hydrogens is 224 g/mol. The Morgan fingerprint density at radius 1 is 1.28 bits per heavy atom. The van der Waals surface area contributed by atoms with E-state index in [1.54, 1.807) is 0 Å². The number of nitrogens with two attached hydrogens (primary N) is 1. The molecule has 1 rings (SSSR count). The predicted octanol–water partition coefficient (Wildman–Crippen LogP) is 2.83. The van der Waals surface area contributed by atoms with Gasteiger partial charge in [0, 0.05) is 18.5 Å². The van der Waals surface area contributed by atoms with Crippen molar-refractivity contribution in [3.8, 4) is 0 Å². The summed E-state index contributed by atoms with van der Waals surface area (Å²) in [4.78, 5) is 12.0. The fourth-order valence-corrected chi connectivity index (χ4v) is 2.81. The van der Waals surface area contributed by atoms with Gasteiger partial charge < -0.3 is 11.1 Å². The third-order valence-electron chi connectivity index (χ3n) is 4.28. The molecule has 0 bridgehead atoms. The van der Waals surface area contributed by atoms with Crippen molar-refractivity contribution in [3.63, 3.8) is 0 Å². The molecule has 0 aliphatic heterocycles. The van der Waals surface area contributed by atoms with Crippen LogP contribution in [-0.2, 0) is 4.79 Å². The molecule has 0 aromatic carbocycles. The lowest BCUT2D eigenvalue weighted by molar-refractivity contribution is -0.122. The van der Waals surface area contributed by atoms with Crippen molar-refractivity contribution in [3.05, 3.63) is 0 Å². The third-order valence-corrected chi connectivity index (χ3v) is 4.28. The van der Waals surface area contributed by atoms with Gasteiger partial charge in [0.25, 0.3) is 0 Å². The molecule has 1 aliphatic carbocycles. The van der Waals surface area contributed by atoms with E-state index in [2.05, 4.69) is 26.1 Å². The van der Waals surface area contributed by atoms with Gasteiger partial charge in [0.05, 0.1) is 0 Å². The molecule has 1 amide bonds. The quantitative estimate of drug-likeness (QED) is 0.766. The van der Waals surface area contributed by atoms with Crippen LogP contribution in [0.3, 0.4) is 0 Å². The van der Waals surface area contributed by atoms with Gasteiger partial charge in [-0.1, -0.05) is 40.0 Å². The Balaban J connectivity index is 2.39. The van der Waals surface area contributed by atoms with Crippen molar-refractivity contribution in [1.82, 2.24) is 5.32 Å². The summed E-state index contributed by atoms with van der Waals surface area (Å²) in [7, 11) is 0. The van der Waals surface area contributed by atoms with Crippen molar-refractivity contribution in [2.75, 3.05) is 0 Å². The standard InChI is InChI=1S/C15H30N2O/c1-4-14(12-8-6-5-7-9-12)17-15(18)10-13(16)11(2)3/h11-14H,4-10,16H2,1-3H3,(H,17,18). The van der Waals surface area contributed by atoms with Crippen LogP contribution in [0.25, 0.3) is 0 Å². The van der Waals surface area contributed by atoms with Gasteiger partial charge in [-0.05, 0) is 31.1 Å². The van der Waals surface area contributed by atoms with E-state index in [0.717, 1.165) is 6.42 Å². The van der Waals surface area contributed by atoms with Gasteiger partial charge in [0.15, 0.2) is 0 Å². The van der Waals surface area contributed by atoms with Crippen molar-refractivity contribution >= 4 is 5.91 Å². The molecule has 18 heavy (non-hydrogen) atoms. The second kappa shape index (κ2) is 7.78. The molecule has 0 saturated heterocycles. The summed E-state index contributed by atoms with van der Waals surface area (Å²) in [6, 6.07) is 0.339. The molecule has 1 fully saturated rings. The van der Waals surface area contributed by atoms with Gasteiger partial charge in [-0.2, -0.15) is 0 Å². The van der Waals surface area contributed by atoms with Crippen molar-refractivity contribution < 1.29 is 4.79 Å². The number of carbonyl (C=O) groups is 1. The molecule has 0 spiro atoms. The Kier molecular flexibility index (Phi) is 6.69. The molecule has 1 aliphatic rings. The van der Waals surface area contributed by atoms with E-state index in [1.807, 2.05) is 0 Å². The van der Waals surface area contributed by atoms with Crippen LogP contribution in [0.2, 0.25) is 0 Å². The van der Waals surface area contributed by atoms with Crippen LogP contribution >= 0.6 is 0 Å². The van der Waals surface area contributed by atoms with Gasteiger partial charge in [-0.3, -0.25) is 4.79 Å². The number of hydrogen-bond donors (Lipinski definition) is 2. The normalized spacial score (nSPS) is 20.7. The minimum Gasteiger partial charge on any atom is -0.353 e. The number of carbonyl (C=O) groups excluding carboxylic acids is 1. The summed E-state index contributed by atoms with van der Waals surface area (Å²) in [6.07, 6.45) is 8.04. The summed E-state index contributed by atoms with van der Waals surface area (Å²) < 4.78 is 0. The summed E-state index contributed by atoms with van der Waals surface area (Å²) in [5.74, 6) is 1.18. The van der Waals surface area contributed by atoms with Gasteiger partial charge in [0.2, 0.25) is 5.91 Å². The first kappa shape index (κ1) is 15.5. The highest BCUT2D eigenvalue weighted by atomic mass is 16.1. The third kappa shape index (κ3) is 4.97. The Bertz CT molecular complexity index is 247. The molecule has 3 N–H and O–H groups in total. The Morgan fingerprint density at radius 2 is 1.89 bits per heavy atom. The largest absolute Gasteiger partial charge is 0.353 e. The predicted molar refractivity (Wildman–Crippen MR) is 76.2 cm³/mol. The first-order chi connectivity index (χ1) is 8.54. The summed E-state index contributed by atoms with van der Waals surface area (Å²) in [6.45, 7) is 6.30. The Hall–Kier alpha value is -0.570. The second-order valence-electron chi connectivity index (χ2n) is 6.09. The molecular formula is C15H30N2O. The highest BCUT2D eigenvalue weighted by Crippen LogP contribution is 2.27. The fourth-order valence-electron chi connectivity index (χ4n) is 2.81. The van der Waals surface area contributed by atoms with Crippen LogP contribution in [0.4, 0.5) is 0 Å². The van der Waals surface area contributed by atoms with E-state index in [0.29, 0.717) is 24.3 Å². The highest BCUT2D eigenvalue weighted by molar-refractivity contribution is 5.76. The van der Waals surface area contributed by atoms with E-state index in [-0.39, 0.29) is 11.9 Å². The van der Waals surface area contributed by atoms with E-state index in [1.165, 1.54) is 32.1 Å². The Labute approximate surface area is 112 Å². The number of hydrogen-bond acceptors (Lipinski definition) is 2. The fraction of sp³-hybridized carbons (Fsp3) is 0.933. The highest BCUT2D eigenvalue weighted by Gasteiger charge is 2.24. The topological polar surface area (TPSA) is 55.1 Å². The molecule has 106 valence electrons. The minimum atomic E-state index is -0.0196. The number of rotatable bonds is 6. The van der Waals surface area contributed by atoms with Crippen LogP contribution in [0.5, 0.6) is 0 Å². The van der Waals surface area contributed by atoms with Gasteiger partial charge >= 0.3 is 0 Å².